The van der Waals surface area contributed by atoms with Gasteiger partial charge in [-0.2, -0.15) is 4.72 Å². The molecule has 1 aromatic heterocycles. The molecule has 0 bridgehead atoms. The molecule has 1 atom stereocenters. The van der Waals surface area contributed by atoms with Crippen molar-refractivity contribution in [3.8, 4) is 0 Å². The minimum absolute atomic E-state index is 0.129. The second-order valence-electron chi connectivity index (χ2n) is 8.80. The molecule has 8 nitrogen and oxygen atoms in total. The van der Waals surface area contributed by atoms with E-state index in [0.29, 0.717) is 12.1 Å². The van der Waals surface area contributed by atoms with Gasteiger partial charge in [0.1, 0.15) is 11.9 Å². The summed E-state index contributed by atoms with van der Waals surface area (Å²) in [4.78, 5) is 22.1. The lowest BCUT2D eigenvalue weighted by atomic mass is 10.0. The van der Waals surface area contributed by atoms with Gasteiger partial charge in [0.2, 0.25) is 15.9 Å². The number of nitrogens with zero attached hydrogens (tertiary/aromatic N) is 3. The van der Waals surface area contributed by atoms with Crippen LogP contribution in [-0.2, 0) is 14.8 Å². The first-order valence-electron chi connectivity index (χ1n) is 10.9. The summed E-state index contributed by atoms with van der Waals surface area (Å²) in [6.45, 7) is 9.58. The normalized spacial score (nSPS) is 16.2. The highest BCUT2D eigenvalue weighted by Crippen LogP contribution is 2.18. The minimum atomic E-state index is -3.82. The van der Waals surface area contributed by atoms with Crippen LogP contribution in [0.5, 0.6) is 0 Å². The Kier molecular flexibility index (Phi) is 7.86. The molecule has 9 heteroatoms. The number of amides is 1. The van der Waals surface area contributed by atoms with Crippen LogP contribution in [0.1, 0.15) is 25.8 Å². The van der Waals surface area contributed by atoms with E-state index in [1.54, 1.807) is 36.5 Å². The molecule has 0 saturated carbocycles. The first-order chi connectivity index (χ1) is 15.1. The molecule has 1 fully saturated rings. The van der Waals surface area contributed by atoms with Crippen LogP contribution in [0.4, 0.5) is 11.5 Å². The Balaban J connectivity index is 1.68. The number of aryl methyl sites for hydroxylation is 1. The van der Waals surface area contributed by atoms with E-state index in [1.165, 1.54) is 0 Å². The maximum atomic E-state index is 13.0. The van der Waals surface area contributed by atoms with Crippen molar-refractivity contribution in [2.24, 2.45) is 5.92 Å². The van der Waals surface area contributed by atoms with Crippen LogP contribution in [0.3, 0.4) is 0 Å². The van der Waals surface area contributed by atoms with Crippen molar-refractivity contribution in [2.45, 2.75) is 38.1 Å². The number of carbonyl (C=O) groups is 1. The molecule has 0 spiro atoms. The van der Waals surface area contributed by atoms with Gasteiger partial charge in [0.05, 0.1) is 16.8 Å². The summed E-state index contributed by atoms with van der Waals surface area (Å²) in [7, 11) is -1.72. The fourth-order valence-corrected chi connectivity index (χ4v) is 4.77. The van der Waals surface area contributed by atoms with Crippen LogP contribution in [-0.4, -0.2) is 63.5 Å². The number of hydrogen-bond acceptors (Lipinski definition) is 6. The van der Waals surface area contributed by atoms with E-state index in [2.05, 4.69) is 31.9 Å². The smallest absolute Gasteiger partial charge is 0.242 e. The van der Waals surface area contributed by atoms with E-state index >= 15 is 0 Å². The average molecular weight is 460 g/mol. The predicted octanol–water partition coefficient (Wildman–Crippen LogP) is 2.47. The fraction of sp³-hybridized carbons (Fsp3) is 0.478. The highest BCUT2D eigenvalue weighted by Gasteiger charge is 2.27. The first kappa shape index (κ1) is 24.2. The molecule has 1 aromatic carbocycles. The Labute approximate surface area is 191 Å². The number of sulfonamides is 1. The third-order valence-electron chi connectivity index (χ3n) is 5.49. The van der Waals surface area contributed by atoms with Crippen molar-refractivity contribution in [1.29, 1.82) is 0 Å². The average Bonchev–Trinajstić information content (AvgIpc) is 2.74. The lowest BCUT2D eigenvalue weighted by Crippen LogP contribution is -2.45. The highest BCUT2D eigenvalue weighted by molar-refractivity contribution is 7.89. The van der Waals surface area contributed by atoms with Gasteiger partial charge in [-0.3, -0.25) is 4.79 Å². The van der Waals surface area contributed by atoms with Gasteiger partial charge in [-0.1, -0.05) is 31.5 Å². The van der Waals surface area contributed by atoms with E-state index in [1.807, 2.05) is 26.8 Å². The van der Waals surface area contributed by atoms with Crippen molar-refractivity contribution < 1.29 is 13.2 Å². The fourth-order valence-electron chi connectivity index (χ4n) is 3.56. The molecule has 3 rings (SSSR count). The van der Waals surface area contributed by atoms with Crippen LogP contribution < -0.4 is 14.9 Å². The summed E-state index contributed by atoms with van der Waals surface area (Å²) in [6.07, 6.45) is 2.00. The number of rotatable bonds is 8. The van der Waals surface area contributed by atoms with E-state index < -0.39 is 22.0 Å². The number of benzene rings is 1. The summed E-state index contributed by atoms with van der Waals surface area (Å²) in [6, 6.07) is 9.36. The maximum absolute atomic E-state index is 13.0. The van der Waals surface area contributed by atoms with Gasteiger partial charge in [-0.05, 0) is 50.6 Å². The van der Waals surface area contributed by atoms with Crippen molar-refractivity contribution in [2.75, 3.05) is 43.4 Å². The number of likely N-dealkylation sites (N-methyl/N-ethyl adjacent to an activating group) is 1. The molecule has 2 aromatic rings. The SMILES string of the molecule is Cc1ccc(S(=O)(=O)NC(CC(C)C)C(=O)Nc2ccc(N3CCN(C)CC3)nc2)cc1. The lowest BCUT2D eigenvalue weighted by Gasteiger charge is -2.33. The van der Waals surface area contributed by atoms with Crippen LogP contribution in [0.15, 0.2) is 47.5 Å². The monoisotopic (exact) mass is 459 g/mol. The Morgan fingerprint density at radius 3 is 2.28 bits per heavy atom. The largest absolute Gasteiger partial charge is 0.354 e. The third-order valence-corrected chi connectivity index (χ3v) is 6.98. The number of aromatic nitrogens is 1. The Hall–Kier alpha value is -2.49. The van der Waals surface area contributed by atoms with E-state index in [4.69, 9.17) is 0 Å². The molecule has 1 saturated heterocycles. The number of anilines is 2. The number of pyridine rings is 1. The number of carbonyl (C=O) groups excluding carboxylic acids is 1. The second kappa shape index (κ2) is 10.4. The van der Waals surface area contributed by atoms with Gasteiger partial charge < -0.3 is 15.1 Å². The van der Waals surface area contributed by atoms with Gasteiger partial charge in [-0.15, -0.1) is 0 Å². The van der Waals surface area contributed by atoms with Crippen LogP contribution in [0, 0.1) is 12.8 Å². The molecule has 32 heavy (non-hydrogen) atoms. The van der Waals surface area contributed by atoms with E-state index in [0.717, 1.165) is 37.6 Å². The number of nitrogens with one attached hydrogen (secondary N) is 2. The molecule has 1 unspecified atom stereocenters. The van der Waals surface area contributed by atoms with Gasteiger partial charge in [0.25, 0.3) is 0 Å². The molecule has 1 aliphatic rings. The standard InChI is InChI=1S/C23H33N5O3S/c1-17(2)15-21(26-32(30,31)20-8-5-18(3)6-9-20)23(29)25-19-7-10-22(24-16-19)28-13-11-27(4)12-14-28/h5-10,16-17,21,26H,11-15H2,1-4H3,(H,25,29). The zero-order chi connectivity index (χ0) is 23.3. The van der Waals surface area contributed by atoms with Gasteiger partial charge in [0, 0.05) is 26.2 Å². The number of piperazine rings is 1. The summed E-state index contributed by atoms with van der Waals surface area (Å²) in [5.41, 5.74) is 1.50. The zero-order valence-corrected chi connectivity index (χ0v) is 20.0. The van der Waals surface area contributed by atoms with Crippen molar-refractivity contribution in [3.63, 3.8) is 0 Å². The Bertz CT molecular complexity index is 999. The topological polar surface area (TPSA) is 94.6 Å². The lowest BCUT2D eigenvalue weighted by molar-refractivity contribution is -0.118. The zero-order valence-electron chi connectivity index (χ0n) is 19.2. The third kappa shape index (κ3) is 6.51. The van der Waals surface area contributed by atoms with Crippen molar-refractivity contribution in [1.82, 2.24) is 14.6 Å². The van der Waals surface area contributed by atoms with Gasteiger partial charge >= 0.3 is 0 Å². The summed E-state index contributed by atoms with van der Waals surface area (Å²) in [5, 5.41) is 2.81. The Morgan fingerprint density at radius 1 is 1.06 bits per heavy atom. The quantitative estimate of drug-likeness (QED) is 0.630. The molecular weight excluding hydrogens is 426 g/mol. The summed E-state index contributed by atoms with van der Waals surface area (Å²) in [5.74, 6) is 0.600. The summed E-state index contributed by atoms with van der Waals surface area (Å²) >= 11 is 0. The van der Waals surface area contributed by atoms with Crippen LogP contribution >= 0.6 is 0 Å². The van der Waals surface area contributed by atoms with Gasteiger partial charge in [0.15, 0.2) is 0 Å². The van der Waals surface area contributed by atoms with Crippen molar-refractivity contribution >= 4 is 27.4 Å². The molecule has 174 valence electrons. The predicted molar refractivity (Wildman–Crippen MR) is 127 cm³/mol. The molecule has 0 aliphatic carbocycles. The van der Waals surface area contributed by atoms with Crippen LogP contribution in [0.25, 0.3) is 0 Å². The highest BCUT2D eigenvalue weighted by atomic mass is 32.2. The Morgan fingerprint density at radius 2 is 1.72 bits per heavy atom. The molecule has 0 radical (unpaired) electrons. The summed E-state index contributed by atoms with van der Waals surface area (Å²) < 4.78 is 28.2. The van der Waals surface area contributed by atoms with Gasteiger partial charge in [-0.25, -0.2) is 13.4 Å². The minimum Gasteiger partial charge on any atom is -0.354 e. The first-order valence-corrected chi connectivity index (χ1v) is 12.4. The van der Waals surface area contributed by atoms with Crippen molar-refractivity contribution in [3.05, 3.63) is 48.2 Å². The van der Waals surface area contributed by atoms with Crippen LogP contribution in [0.2, 0.25) is 0 Å². The maximum Gasteiger partial charge on any atom is 0.242 e. The van der Waals surface area contributed by atoms with E-state index in [9.17, 15) is 13.2 Å². The molecular formula is C23H33N5O3S. The number of hydrogen-bond donors (Lipinski definition) is 2. The molecule has 1 amide bonds. The molecule has 2 heterocycles. The molecule has 1 aliphatic heterocycles. The second-order valence-corrected chi connectivity index (χ2v) is 10.5. The molecule has 2 N–H and O–H groups in total. The van der Waals surface area contributed by atoms with E-state index in [-0.39, 0.29) is 10.8 Å².